The Balaban J connectivity index is 2.18. The van der Waals surface area contributed by atoms with E-state index in [2.05, 4.69) is 29.4 Å². The van der Waals surface area contributed by atoms with Crippen LogP contribution in [0.25, 0.3) is 0 Å². The second-order valence-electron chi connectivity index (χ2n) is 4.59. The van der Waals surface area contributed by atoms with E-state index in [1.807, 2.05) is 19.1 Å². The number of nitro groups is 1. The maximum absolute atomic E-state index is 10.9. The average molecular weight is 271 g/mol. The first-order valence-electron chi connectivity index (χ1n) is 6.56. The van der Waals surface area contributed by atoms with Crippen LogP contribution in [-0.2, 0) is 6.42 Å². The molecule has 0 saturated heterocycles. The third-order valence-corrected chi connectivity index (χ3v) is 3.22. The fourth-order valence-electron chi connectivity index (χ4n) is 2.01. The number of aromatic nitrogens is 1. The molecule has 0 bridgehead atoms. The predicted octanol–water partition coefficient (Wildman–Crippen LogP) is 3.73. The van der Waals surface area contributed by atoms with E-state index in [1.54, 1.807) is 12.1 Å². The quantitative estimate of drug-likeness (QED) is 0.664. The lowest BCUT2D eigenvalue weighted by atomic mass is 10.0. The van der Waals surface area contributed by atoms with Crippen molar-refractivity contribution in [1.29, 1.82) is 0 Å². The van der Waals surface area contributed by atoms with Crippen molar-refractivity contribution in [2.45, 2.75) is 26.3 Å². The maximum atomic E-state index is 10.9. The van der Waals surface area contributed by atoms with Crippen molar-refractivity contribution in [2.24, 2.45) is 0 Å². The van der Waals surface area contributed by atoms with Crippen LogP contribution in [0.2, 0.25) is 0 Å². The minimum Gasteiger partial charge on any atom is -0.372 e. The Morgan fingerprint density at radius 3 is 2.60 bits per heavy atom. The first kappa shape index (κ1) is 14.0. The lowest BCUT2D eigenvalue weighted by molar-refractivity contribution is -0.388. The van der Waals surface area contributed by atoms with Crippen LogP contribution in [0.3, 0.4) is 0 Å². The van der Waals surface area contributed by atoms with Gasteiger partial charge in [-0.2, -0.15) is 0 Å². The summed E-state index contributed by atoms with van der Waals surface area (Å²) in [4.78, 5) is 14.2. The lowest BCUT2D eigenvalue weighted by Gasteiger charge is -2.15. The Labute approximate surface area is 117 Å². The molecule has 1 heterocycles. The summed E-state index contributed by atoms with van der Waals surface area (Å²) < 4.78 is 0. The summed E-state index contributed by atoms with van der Waals surface area (Å²) in [6, 6.07) is 11.6. The highest BCUT2D eigenvalue weighted by Gasteiger charge is 2.16. The molecule has 5 heteroatoms. The molecular formula is C15H17N3O2. The SMILES string of the molecule is CCc1ccc(C(C)Nc2cccnc2[N+](=O)[O-])cc1. The summed E-state index contributed by atoms with van der Waals surface area (Å²) >= 11 is 0. The zero-order chi connectivity index (χ0) is 14.5. The zero-order valence-corrected chi connectivity index (χ0v) is 11.5. The van der Waals surface area contributed by atoms with Crippen LogP contribution in [0, 0.1) is 10.1 Å². The lowest BCUT2D eigenvalue weighted by Crippen LogP contribution is -2.09. The van der Waals surface area contributed by atoms with Gasteiger partial charge in [0.1, 0.15) is 11.9 Å². The van der Waals surface area contributed by atoms with Crippen molar-refractivity contribution in [3.8, 4) is 0 Å². The third kappa shape index (κ3) is 3.12. The molecular weight excluding hydrogens is 254 g/mol. The number of hydrogen-bond donors (Lipinski definition) is 1. The van der Waals surface area contributed by atoms with E-state index in [1.165, 1.54) is 11.8 Å². The fraction of sp³-hybridized carbons (Fsp3) is 0.267. The highest BCUT2D eigenvalue weighted by atomic mass is 16.6. The Bertz CT molecular complexity index is 596. The van der Waals surface area contributed by atoms with Gasteiger partial charge in [0, 0.05) is 6.04 Å². The molecule has 0 spiro atoms. The summed E-state index contributed by atoms with van der Waals surface area (Å²) in [6.07, 6.45) is 2.42. The van der Waals surface area contributed by atoms with Gasteiger partial charge in [0.25, 0.3) is 0 Å². The molecule has 0 saturated carbocycles. The van der Waals surface area contributed by atoms with Gasteiger partial charge in [-0.25, -0.2) is 0 Å². The summed E-state index contributed by atoms with van der Waals surface area (Å²) in [7, 11) is 0. The van der Waals surface area contributed by atoms with E-state index in [4.69, 9.17) is 0 Å². The van der Waals surface area contributed by atoms with Gasteiger partial charge in [0.15, 0.2) is 0 Å². The van der Waals surface area contributed by atoms with Gasteiger partial charge in [-0.05, 0) is 46.5 Å². The number of anilines is 1. The predicted molar refractivity (Wildman–Crippen MR) is 78.7 cm³/mol. The number of hydrogen-bond acceptors (Lipinski definition) is 4. The van der Waals surface area contributed by atoms with Crippen LogP contribution in [0.4, 0.5) is 11.5 Å². The molecule has 104 valence electrons. The summed E-state index contributed by atoms with van der Waals surface area (Å²) in [5, 5.41) is 14.1. The minimum absolute atomic E-state index is 0.0243. The topological polar surface area (TPSA) is 68.1 Å². The molecule has 2 rings (SSSR count). The molecule has 1 aromatic heterocycles. The van der Waals surface area contributed by atoms with Crippen LogP contribution in [0.15, 0.2) is 42.6 Å². The zero-order valence-electron chi connectivity index (χ0n) is 11.5. The van der Waals surface area contributed by atoms with E-state index in [0.29, 0.717) is 5.69 Å². The molecule has 5 nitrogen and oxygen atoms in total. The molecule has 0 fully saturated rings. The van der Waals surface area contributed by atoms with Crippen molar-refractivity contribution >= 4 is 11.5 Å². The first-order chi connectivity index (χ1) is 9.61. The van der Waals surface area contributed by atoms with Gasteiger partial charge in [-0.1, -0.05) is 31.2 Å². The normalized spacial score (nSPS) is 11.9. The van der Waals surface area contributed by atoms with Gasteiger partial charge < -0.3 is 15.4 Å². The van der Waals surface area contributed by atoms with Gasteiger partial charge in [0.05, 0.1) is 0 Å². The Morgan fingerprint density at radius 2 is 2.00 bits per heavy atom. The second kappa shape index (κ2) is 6.14. The van der Waals surface area contributed by atoms with E-state index in [0.717, 1.165) is 12.0 Å². The van der Waals surface area contributed by atoms with Crippen LogP contribution in [0.5, 0.6) is 0 Å². The molecule has 1 aromatic carbocycles. The van der Waals surface area contributed by atoms with Gasteiger partial charge in [-0.3, -0.25) is 0 Å². The number of rotatable bonds is 5. The van der Waals surface area contributed by atoms with Crippen LogP contribution < -0.4 is 5.32 Å². The molecule has 0 aliphatic carbocycles. The van der Waals surface area contributed by atoms with Crippen molar-refractivity contribution in [1.82, 2.24) is 4.98 Å². The van der Waals surface area contributed by atoms with Gasteiger partial charge in [0.2, 0.25) is 0 Å². The molecule has 0 aliphatic rings. The van der Waals surface area contributed by atoms with Crippen LogP contribution in [-0.4, -0.2) is 9.91 Å². The minimum atomic E-state index is -0.477. The molecule has 1 N–H and O–H groups in total. The molecule has 0 amide bonds. The monoisotopic (exact) mass is 271 g/mol. The van der Waals surface area contributed by atoms with Gasteiger partial charge >= 0.3 is 5.82 Å². The van der Waals surface area contributed by atoms with E-state index < -0.39 is 4.92 Å². The Morgan fingerprint density at radius 1 is 1.30 bits per heavy atom. The van der Waals surface area contributed by atoms with E-state index in [-0.39, 0.29) is 11.9 Å². The molecule has 0 radical (unpaired) electrons. The van der Waals surface area contributed by atoms with Crippen molar-refractivity contribution in [2.75, 3.05) is 5.32 Å². The fourth-order valence-corrected chi connectivity index (χ4v) is 2.01. The highest BCUT2D eigenvalue weighted by Crippen LogP contribution is 2.25. The number of benzene rings is 1. The summed E-state index contributed by atoms with van der Waals surface area (Å²) in [5.74, 6) is -0.149. The van der Waals surface area contributed by atoms with E-state index in [9.17, 15) is 10.1 Å². The Hall–Kier alpha value is -2.43. The second-order valence-corrected chi connectivity index (χ2v) is 4.59. The smallest absolute Gasteiger partial charge is 0.372 e. The third-order valence-electron chi connectivity index (χ3n) is 3.22. The number of nitrogens with zero attached hydrogens (tertiary/aromatic N) is 2. The van der Waals surface area contributed by atoms with Crippen molar-refractivity contribution < 1.29 is 4.92 Å². The van der Waals surface area contributed by atoms with Crippen molar-refractivity contribution in [3.63, 3.8) is 0 Å². The average Bonchev–Trinajstić information content (AvgIpc) is 2.47. The van der Waals surface area contributed by atoms with Crippen molar-refractivity contribution in [3.05, 3.63) is 63.8 Å². The van der Waals surface area contributed by atoms with E-state index >= 15 is 0 Å². The number of nitrogens with one attached hydrogen (secondary N) is 1. The first-order valence-corrected chi connectivity index (χ1v) is 6.56. The molecule has 1 unspecified atom stereocenters. The molecule has 0 aliphatic heterocycles. The highest BCUT2D eigenvalue weighted by molar-refractivity contribution is 5.57. The number of pyridine rings is 1. The summed E-state index contributed by atoms with van der Waals surface area (Å²) in [6.45, 7) is 4.08. The van der Waals surface area contributed by atoms with Crippen LogP contribution in [0.1, 0.15) is 31.0 Å². The number of aryl methyl sites for hydroxylation is 1. The summed E-state index contributed by atoms with van der Waals surface area (Å²) in [5.41, 5.74) is 2.79. The van der Waals surface area contributed by atoms with Gasteiger partial charge in [-0.15, -0.1) is 0 Å². The largest absolute Gasteiger partial charge is 0.386 e. The molecule has 20 heavy (non-hydrogen) atoms. The maximum Gasteiger partial charge on any atom is 0.386 e. The molecule has 1 atom stereocenters. The van der Waals surface area contributed by atoms with Crippen LogP contribution >= 0.6 is 0 Å². The molecule has 2 aromatic rings. The standard InChI is InChI=1S/C15H17N3O2/c1-3-12-6-8-13(9-7-12)11(2)17-14-5-4-10-16-15(14)18(19)20/h4-11,17H,3H2,1-2H3. The Kier molecular flexibility index (Phi) is 4.30.